The fourth-order valence-electron chi connectivity index (χ4n) is 1.71. The maximum atomic E-state index is 3.43. The maximum Gasteiger partial charge on any atom is 0.419 e. The number of halogens is 1. The van der Waals surface area contributed by atoms with Crippen molar-refractivity contribution in [1.29, 1.82) is 0 Å². The predicted octanol–water partition coefficient (Wildman–Crippen LogP) is 0.0963. The van der Waals surface area contributed by atoms with E-state index in [0.29, 0.717) is 0 Å². The molecule has 0 amide bonds. The zero-order valence-electron chi connectivity index (χ0n) is 8.17. The molecule has 1 fully saturated rings. The summed E-state index contributed by atoms with van der Waals surface area (Å²) < 4.78 is 4.85. The monoisotopic (exact) mass is 297 g/mol. The molecule has 1 heteroatoms. The summed E-state index contributed by atoms with van der Waals surface area (Å²) in [4.78, 5) is 0. The third-order valence-corrected chi connectivity index (χ3v) is 4.43. The normalized spacial score (nSPS) is 16.3. The Morgan fingerprint density at radius 2 is 1.79 bits per heavy atom. The highest BCUT2D eigenvalue weighted by Gasteiger charge is 2.13. The molecule has 0 heterocycles. The highest BCUT2D eigenvalue weighted by Crippen LogP contribution is 2.23. The molecule has 72 valence electrons. The Morgan fingerprint density at radius 1 is 1.07 bits per heavy atom. The first-order chi connectivity index (χ1) is 6.95. The van der Waals surface area contributed by atoms with Crippen molar-refractivity contribution in [2.75, 3.05) is 0 Å². The maximum absolute atomic E-state index is 3.43. The van der Waals surface area contributed by atoms with E-state index in [1.54, 1.807) is 0 Å². The van der Waals surface area contributed by atoms with Gasteiger partial charge in [0.15, 0.2) is 3.93 Å². The molecule has 1 saturated carbocycles. The molecule has 1 aliphatic carbocycles. The van der Waals surface area contributed by atoms with E-state index in [1.807, 2.05) is 0 Å². The van der Waals surface area contributed by atoms with Crippen LogP contribution in [0, 0.1) is 19.3 Å². The third kappa shape index (κ3) is 3.02. The second-order valence-corrected chi connectivity index (χ2v) is 5.93. The van der Waals surface area contributed by atoms with Crippen LogP contribution in [0.5, 0.6) is 0 Å². The molecular formula is C13H14I+. The van der Waals surface area contributed by atoms with Crippen molar-refractivity contribution in [3.8, 4) is 9.85 Å². The van der Waals surface area contributed by atoms with Crippen LogP contribution < -0.4 is 21.2 Å². The largest absolute Gasteiger partial charge is 0.419 e. The standard InChI is InChI=1S/C13H14I/c1-2-8-13(9-3-1)14-11-10-12-6-4-5-7-12/h1-3,8-9,12H,4-7H2/q+1. The topological polar surface area (TPSA) is 0 Å². The van der Waals surface area contributed by atoms with Crippen molar-refractivity contribution in [1.82, 2.24) is 0 Å². The fourth-order valence-corrected chi connectivity index (χ4v) is 3.39. The summed E-state index contributed by atoms with van der Waals surface area (Å²) in [6.07, 6.45) is 5.46. The van der Waals surface area contributed by atoms with Gasteiger partial charge in [-0.05, 0) is 30.9 Å². The minimum Gasteiger partial charge on any atom is -0.0619 e. The average molecular weight is 297 g/mol. The second kappa shape index (κ2) is 5.41. The SMILES string of the molecule is C(#CC1CCCC1)[I+]c1ccccc1. The number of benzene rings is 1. The van der Waals surface area contributed by atoms with E-state index in [9.17, 15) is 0 Å². The molecule has 0 radical (unpaired) electrons. The van der Waals surface area contributed by atoms with Gasteiger partial charge in [0.2, 0.25) is 3.57 Å². The van der Waals surface area contributed by atoms with Gasteiger partial charge in [-0.1, -0.05) is 31.0 Å². The molecule has 1 aromatic carbocycles. The molecule has 0 N–H and O–H groups in total. The first-order valence-electron chi connectivity index (χ1n) is 5.14. The lowest BCUT2D eigenvalue weighted by Gasteiger charge is -1.91. The molecule has 0 spiro atoms. The van der Waals surface area contributed by atoms with Gasteiger partial charge in [-0.25, -0.2) is 0 Å². The summed E-state index contributed by atoms with van der Waals surface area (Å²) in [6, 6.07) is 10.7. The number of rotatable bonds is 1. The first kappa shape index (κ1) is 10.0. The van der Waals surface area contributed by atoms with Gasteiger partial charge < -0.3 is 0 Å². The van der Waals surface area contributed by atoms with Gasteiger partial charge in [-0.2, -0.15) is 0 Å². The molecule has 0 unspecified atom stereocenters. The van der Waals surface area contributed by atoms with Crippen LogP contribution in [0.3, 0.4) is 0 Å². The average Bonchev–Trinajstić information content (AvgIpc) is 2.72. The van der Waals surface area contributed by atoms with Crippen LogP contribution in [0.25, 0.3) is 0 Å². The summed E-state index contributed by atoms with van der Waals surface area (Å²) in [5, 5.41) is 0. The van der Waals surface area contributed by atoms with Crippen LogP contribution in [-0.2, 0) is 0 Å². The molecule has 0 aromatic heterocycles. The molecule has 0 aliphatic heterocycles. The van der Waals surface area contributed by atoms with Gasteiger partial charge in [0.1, 0.15) is 0 Å². The van der Waals surface area contributed by atoms with Crippen molar-refractivity contribution < 1.29 is 21.2 Å². The lowest BCUT2D eigenvalue weighted by Crippen LogP contribution is -3.59. The van der Waals surface area contributed by atoms with Crippen LogP contribution in [0.2, 0.25) is 0 Å². The van der Waals surface area contributed by atoms with Crippen molar-refractivity contribution in [3.05, 3.63) is 33.9 Å². The summed E-state index contributed by atoms with van der Waals surface area (Å²) in [5.74, 6) is 4.15. The third-order valence-electron chi connectivity index (χ3n) is 2.50. The quantitative estimate of drug-likeness (QED) is 0.509. The highest BCUT2D eigenvalue weighted by atomic mass is 127. The highest BCUT2D eigenvalue weighted by molar-refractivity contribution is 5.02. The Balaban J connectivity index is 1.87. The van der Waals surface area contributed by atoms with Crippen LogP contribution in [0.15, 0.2) is 30.3 Å². The van der Waals surface area contributed by atoms with E-state index >= 15 is 0 Å². The molecule has 0 saturated heterocycles. The van der Waals surface area contributed by atoms with Gasteiger partial charge >= 0.3 is 21.2 Å². The molecule has 1 aliphatic rings. The molecule has 0 bridgehead atoms. The first-order valence-corrected chi connectivity index (χ1v) is 7.30. The van der Waals surface area contributed by atoms with Crippen molar-refractivity contribution in [2.24, 2.45) is 5.92 Å². The van der Waals surface area contributed by atoms with E-state index in [-0.39, 0.29) is 21.2 Å². The van der Waals surface area contributed by atoms with Crippen LogP contribution in [-0.4, -0.2) is 0 Å². The summed E-state index contributed by atoms with van der Waals surface area (Å²) >= 11 is -0.0524. The predicted molar refractivity (Wildman–Crippen MR) is 54.9 cm³/mol. The molecule has 0 atom stereocenters. The lowest BCUT2D eigenvalue weighted by molar-refractivity contribution is -0.535. The van der Waals surface area contributed by atoms with E-state index in [0.717, 1.165) is 5.92 Å². The fraction of sp³-hybridized carbons (Fsp3) is 0.385. The van der Waals surface area contributed by atoms with Crippen LogP contribution in [0.4, 0.5) is 0 Å². The Hall–Kier alpha value is -0.490. The van der Waals surface area contributed by atoms with Crippen LogP contribution in [0.1, 0.15) is 25.7 Å². The van der Waals surface area contributed by atoms with E-state index < -0.39 is 0 Å². The van der Waals surface area contributed by atoms with Gasteiger partial charge in [-0.15, -0.1) is 0 Å². The lowest BCUT2D eigenvalue weighted by atomic mass is 10.1. The Kier molecular flexibility index (Phi) is 3.88. The van der Waals surface area contributed by atoms with E-state index in [1.165, 1.54) is 29.3 Å². The smallest absolute Gasteiger partial charge is 0.0619 e. The Labute approximate surface area is 96.4 Å². The molecule has 1 aromatic rings. The second-order valence-electron chi connectivity index (χ2n) is 3.61. The van der Waals surface area contributed by atoms with E-state index in [4.69, 9.17) is 0 Å². The molecule has 0 nitrogen and oxygen atoms in total. The van der Waals surface area contributed by atoms with Crippen molar-refractivity contribution >= 4 is 0 Å². The molecule has 2 rings (SSSR count). The van der Waals surface area contributed by atoms with Gasteiger partial charge in [0.25, 0.3) is 0 Å². The summed E-state index contributed by atoms with van der Waals surface area (Å²) in [7, 11) is 0. The van der Waals surface area contributed by atoms with Crippen LogP contribution >= 0.6 is 0 Å². The summed E-state index contributed by atoms with van der Waals surface area (Å²) in [6.45, 7) is 0. The number of hydrogen-bond donors (Lipinski definition) is 0. The molecule has 14 heavy (non-hydrogen) atoms. The van der Waals surface area contributed by atoms with Gasteiger partial charge in [-0.3, -0.25) is 0 Å². The zero-order valence-corrected chi connectivity index (χ0v) is 10.3. The Morgan fingerprint density at radius 3 is 2.50 bits per heavy atom. The van der Waals surface area contributed by atoms with Gasteiger partial charge in [0, 0.05) is 5.92 Å². The minimum atomic E-state index is -0.0524. The summed E-state index contributed by atoms with van der Waals surface area (Å²) in [5.41, 5.74) is 0. The van der Waals surface area contributed by atoms with Crippen molar-refractivity contribution in [2.45, 2.75) is 25.7 Å². The minimum absolute atomic E-state index is 0.0524. The van der Waals surface area contributed by atoms with Crippen molar-refractivity contribution in [3.63, 3.8) is 0 Å². The number of hydrogen-bond acceptors (Lipinski definition) is 0. The molecular weight excluding hydrogens is 283 g/mol. The zero-order chi connectivity index (χ0) is 9.64. The van der Waals surface area contributed by atoms with Gasteiger partial charge in [0.05, 0.1) is 0 Å². The van der Waals surface area contributed by atoms with E-state index in [2.05, 4.69) is 40.2 Å². The Bertz CT molecular complexity index is 325.